The van der Waals surface area contributed by atoms with E-state index in [9.17, 15) is 9.59 Å². The second-order valence-corrected chi connectivity index (χ2v) is 8.81. The Labute approximate surface area is 218 Å². The van der Waals surface area contributed by atoms with Gasteiger partial charge in [0.2, 0.25) is 0 Å². The number of carbonyl (C=O) groups excluding carboxylic acids is 2. The van der Waals surface area contributed by atoms with E-state index in [-0.39, 0.29) is 0 Å². The summed E-state index contributed by atoms with van der Waals surface area (Å²) in [5, 5.41) is 5.48. The minimum absolute atomic E-state index is 0.328. The van der Waals surface area contributed by atoms with Crippen LogP contribution >= 0.6 is 11.6 Å². The number of amides is 1. The van der Waals surface area contributed by atoms with Crippen molar-refractivity contribution in [1.82, 2.24) is 10.4 Å². The van der Waals surface area contributed by atoms with E-state index in [0.29, 0.717) is 33.1 Å². The zero-order chi connectivity index (χ0) is 25.8. The van der Waals surface area contributed by atoms with Gasteiger partial charge in [0.25, 0.3) is 5.91 Å². The van der Waals surface area contributed by atoms with E-state index in [1.165, 1.54) is 6.21 Å². The third kappa shape index (κ3) is 5.15. The molecule has 1 aromatic heterocycles. The Morgan fingerprint density at radius 2 is 1.68 bits per heavy atom. The number of hydrogen-bond donors (Lipinski definition) is 2. The summed E-state index contributed by atoms with van der Waals surface area (Å²) in [6, 6.07) is 29.3. The van der Waals surface area contributed by atoms with Crippen LogP contribution in [-0.2, 0) is 0 Å². The van der Waals surface area contributed by atoms with Gasteiger partial charge in [-0.05, 0) is 42.8 Å². The minimum atomic E-state index is -0.476. The van der Waals surface area contributed by atoms with Gasteiger partial charge in [-0.3, -0.25) is 4.79 Å². The minimum Gasteiger partial charge on any atom is -0.422 e. The van der Waals surface area contributed by atoms with Crippen LogP contribution in [0.2, 0.25) is 5.02 Å². The van der Waals surface area contributed by atoms with Gasteiger partial charge in [-0.15, -0.1) is 0 Å². The molecular weight excluding hydrogens is 486 g/mol. The first kappa shape index (κ1) is 24.0. The first-order chi connectivity index (χ1) is 18.0. The lowest BCUT2D eigenvalue weighted by atomic mass is 10.0. The molecule has 0 radical (unpaired) electrons. The number of halogens is 1. The largest absolute Gasteiger partial charge is 0.422 e. The number of aryl methyl sites for hydroxylation is 1. The maximum atomic E-state index is 13.2. The van der Waals surface area contributed by atoms with Crippen molar-refractivity contribution in [1.29, 1.82) is 0 Å². The van der Waals surface area contributed by atoms with Gasteiger partial charge in [0.1, 0.15) is 11.4 Å². The summed E-state index contributed by atoms with van der Waals surface area (Å²) in [5.74, 6) is -0.581. The second kappa shape index (κ2) is 10.5. The lowest BCUT2D eigenvalue weighted by Crippen LogP contribution is -2.19. The van der Waals surface area contributed by atoms with Crippen LogP contribution in [0, 0.1) is 6.92 Å². The van der Waals surface area contributed by atoms with Crippen molar-refractivity contribution in [2.75, 3.05) is 0 Å². The summed E-state index contributed by atoms with van der Waals surface area (Å²) >= 11 is 6.40. The molecule has 0 unspecified atom stereocenters. The lowest BCUT2D eigenvalue weighted by molar-refractivity contribution is 0.0734. The number of nitrogens with zero attached hydrogens (tertiary/aromatic N) is 1. The predicted octanol–water partition coefficient (Wildman–Crippen LogP) is 6.78. The number of aromatic amines is 1. The molecule has 0 aliphatic heterocycles. The summed E-state index contributed by atoms with van der Waals surface area (Å²) in [4.78, 5) is 29.0. The highest BCUT2D eigenvalue weighted by Crippen LogP contribution is 2.35. The molecule has 4 aromatic carbocycles. The Balaban J connectivity index is 1.40. The Hall–Kier alpha value is -4.68. The Bertz CT molecular complexity index is 1640. The number of para-hydroxylation sites is 2. The number of rotatable bonds is 6. The standard InChI is InChI=1S/C30H22ClN3O3/c1-19-9-7-13-21(17-19)30(36)37-25-16-6-5-12-22(25)18-32-34-29(35)28-26(20-10-3-2-4-11-20)23-14-8-15-24(31)27(23)33-28/h2-18,33H,1H3,(H,34,35). The summed E-state index contributed by atoms with van der Waals surface area (Å²) in [6.07, 6.45) is 1.44. The number of hydrazone groups is 1. The van der Waals surface area contributed by atoms with Gasteiger partial charge in [0.05, 0.1) is 22.3 Å². The fourth-order valence-electron chi connectivity index (χ4n) is 4.08. The summed E-state index contributed by atoms with van der Waals surface area (Å²) in [7, 11) is 0. The van der Waals surface area contributed by atoms with Crippen molar-refractivity contribution in [3.05, 3.63) is 124 Å². The molecule has 1 amide bonds. The Morgan fingerprint density at radius 1 is 0.919 bits per heavy atom. The molecule has 5 aromatic rings. The van der Waals surface area contributed by atoms with Crippen LogP contribution in [0.25, 0.3) is 22.0 Å². The van der Waals surface area contributed by atoms with E-state index in [1.807, 2.05) is 55.5 Å². The summed E-state index contributed by atoms with van der Waals surface area (Å²) < 4.78 is 5.60. The van der Waals surface area contributed by atoms with Crippen LogP contribution in [0.3, 0.4) is 0 Å². The molecule has 0 aliphatic rings. The SMILES string of the molecule is Cc1cccc(C(=O)Oc2ccccc2C=NNC(=O)c2[nH]c3c(Cl)cccc3c2-c2ccccc2)c1. The number of esters is 1. The topological polar surface area (TPSA) is 83.5 Å². The molecular formula is C30H22ClN3O3. The van der Waals surface area contributed by atoms with E-state index in [4.69, 9.17) is 16.3 Å². The molecule has 182 valence electrons. The normalized spacial score (nSPS) is 11.1. The van der Waals surface area contributed by atoms with E-state index < -0.39 is 11.9 Å². The molecule has 0 fully saturated rings. The molecule has 2 N–H and O–H groups in total. The third-order valence-electron chi connectivity index (χ3n) is 5.82. The molecule has 0 saturated carbocycles. The lowest BCUT2D eigenvalue weighted by Gasteiger charge is -2.08. The molecule has 0 bridgehead atoms. The van der Waals surface area contributed by atoms with Gasteiger partial charge in [0, 0.05) is 16.5 Å². The average Bonchev–Trinajstić information content (AvgIpc) is 3.31. The van der Waals surface area contributed by atoms with Gasteiger partial charge in [-0.2, -0.15) is 5.10 Å². The first-order valence-corrected chi connectivity index (χ1v) is 12.0. The van der Waals surface area contributed by atoms with E-state index in [0.717, 1.165) is 22.1 Å². The Morgan fingerprint density at radius 3 is 2.49 bits per heavy atom. The van der Waals surface area contributed by atoms with Crippen molar-refractivity contribution >= 4 is 40.6 Å². The highest BCUT2D eigenvalue weighted by atomic mass is 35.5. The third-order valence-corrected chi connectivity index (χ3v) is 6.13. The van der Waals surface area contributed by atoms with Gasteiger partial charge < -0.3 is 9.72 Å². The van der Waals surface area contributed by atoms with Crippen molar-refractivity contribution in [3.8, 4) is 16.9 Å². The van der Waals surface area contributed by atoms with Crippen LogP contribution < -0.4 is 10.2 Å². The summed E-state index contributed by atoms with van der Waals surface area (Å²) in [6.45, 7) is 1.91. The zero-order valence-electron chi connectivity index (χ0n) is 19.9. The molecule has 6 nitrogen and oxygen atoms in total. The maximum Gasteiger partial charge on any atom is 0.343 e. The number of aromatic nitrogens is 1. The monoisotopic (exact) mass is 507 g/mol. The van der Waals surface area contributed by atoms with Crippen molar-refractivity contribution in [3.63, 3.8) is 0 Å². The molecule has 7 heteroatoms. The first-order valence-electron chi connectivity index (χ1n) is 11.6. The van der Waals surface area contributed by atoms with Gasteiger partial charge in [-0.25, -0.2) is 10.2 Å². The fourth-order valence-corrected chi connectivity index (χ4v) is 4.31. The molecule has 1 heterocycles. The van der Waals surface area contributed by atoms with Gasteiger partial charge in [-0.1, -0.05) is 83.9 Å². The predicted molar refractivity (Wildman–Crippen MR) is 146 cm³/mol. The number of hydrogen-bond acceptors (Lipinski definition) is 4. The van der Waals surface area contributed by atoms with E-state index >= 15 is 0 Å². The second-order valence-electron chi connectivity index (χ2n) is 8.40. The number of nitrogens with one attached hydrogen (secondary N) is 2. The number of carbonyl (C=O) groups is 2. The van der Waals surface area contributed by atoms with E-state index in [1.54, 1.807) is 48.5 Å². The number of ether oxygens (including phenoxy) is 1. The van der Waals surface area contributed by atoms with Crippen LogP contribution in [0.1, 0.15) is 32.0 Å². The molecule has 0 atom stereocenters. The van der Waals surface area contributed by atoms with Crippen LogP contribution in [-0.4, -0.2) is 23.1 Å². The van der Waals surface area contributed by atoms with Gasteiger partial charge in [0.15, 0.2) is 0 Å². The van der Waals surface area contributed by atoms with E-state index in [2.05, 4.69) is 15.5 Å². The smallest absolute Gasteiger partial charge is 0.343 e. The molecule has 5 rings (SSSR count). The fraction of sp³-hybridized carbons (Fsp3) is 0.0333. The summed E-state index contributed by atoms with van der Waals surface area (Å²) in [5.41, 5.74) is 7.13. The highest BCUT2D eigenvalue weighted by molar-refractivity contribution is 6.36. The average molecular weight is 508 g/mol. The van der Waals surface area contributed by atoms with Gasteiger partial charge >= 0.3 is 5.97 Å². The number of H-pyrrole nitrogens is 1. The Kier molecular flexibility index (Phi) is 6.83. The van der Waals surface area contributed by atoms with Crippen molar-refractivity contribution in [2.24, 2.45) is 5.10 Å². The molecule has 0 saturated heterocycles. The molecule has 37 heavy (non-hydrogen) atoms. The number of benzene rings is 4. The van der Waals surface area contributed by atoms with Crippen molar-refractivity contribution < 1.29 is 14.3 Å². The molecule has 0 aliphatic carbocycles. The van der Waals surface area contributed by atoms with Crippen molar-refractivity contribution in [2.45, 2.75) is 6.92 Å². The number of fused-ring (bicyclic) bond motifs is 1. The zero-order valence-corrected chi connectivity index (χ0v) is 20.6. The van der Waals surface area contributed by atoms with Crippen LogP contribution in [0.4, 0.5) is 0 Å². The van der Waals surface area contributed by atoms with Crippen LogP contribution in [0.15, 0.2) is 102 Å². The quantitative estimate of drug-likeness (QED) is 0.115. The maximum absolute atomic E-state index is 13.2. The molecule has 0 spiro atoms. The van der Waals surface area contributed by atoms with Crippen LogP contribution in [0.5, 0.6) is 5.75 Å². The highest BCUT2D eigenvalue weighted by Gasteiger charge is 2.20.